The van der Waals surface area contributed by atoms with Crippen LogP contribution in [0, 0.1) is 5.82 Å². The van der Waals surface area contributed by atoms with Gasteiger partial charge in [-0.25, -0.2) is 4.39 Å². The second-order valence-electron chi connectivity index (χ2n) is 5.56. The lowest BCUT2D eigenvalue weighted by molar-refractivity contribution is 0.0760. The van der Waals surface area contributed by atoms with Crippen LogP contribution in [-0.4, -0.2) is 41.9 Å². The summed E-state index contributed by atoms with van der Waals surface area (Å²) < 4.78 is 17.9. The first-order chi connectivity index (χ1) is 10.7. The summed E-state index contributed by atoms with van der Waals surface area (Å²) in [5.74, 6) is -0.186. The molecule has 1 aromatic heterocycles. The summed E-state index contributed by atoms with van der Waals surface area (Å²) in [6.07, 6.45) is 3.94. The number of amides is 1. The summed E-state index contributed by atoms with van der Waals surface area (Å²) in [6.45, 7) is 4.00. The second kappa shape index (κ2) is 6.75. The van der Waals surface area contributed by atoms with Crippen LogP contribution in [0.3, 0.4) is 0 Å². The Hall–Kier alpha value is -2.14. The average molecular weight is 302 g/mol. The van der Waals surface area contributed by atoms with Crippen molar-refractivity contribution in [2.24, 2.45) is 0 Å². The highest BCUT2D eigenvalue weighted by Gasteiger charge is 2.20. The molecule has 1 aliphatic rings. The van der Waals surface area contributed by atoms with E-state index in [1.165, 1.54) is 24.7 Å². The molecule has 0 bridgehead atoms. The first-order valence-corrected chi connectivity index (χ1v) is 7.50. The van der Waals surface area contributed by atoms with Gasteiger partial charge in [0, 0.05) is 32.7 Å². The smallest absolute Gasteiger partial charge is 0.257 e. The molecule has 116 valence electrons. The number of hydrogen-bond donors (Lipinski definition) is 0. The molecule has 0 N–H and O–H groups in total. The third-order valence-corrected chi connectivity index (χ3v) is 3.96. The Bertz CT molecular complexity index is 610. The Morgan fingerprint density at radius 3 is 2.64 bits per heavy atom. The van der Waals surface area contributed by atoms with Crippen LogP contribution in [0.5, 0.6) is 0 Å². The third-order valence-electron chi connectivity index (χ3n) is 3.96. The number of furan rings is 1. The van der Waals surface area contributed by atoms with Gasteiger partial charge in [0.1, 0.15) is 12.1 Å². The second-order valence-corrected chi connectivity index (χ2v) is 5.56. The molecule has 2 heterocycles. The van der Waals surface area contributed by atoms with E-state index in [1.807, 2.05) is 17.0 Å². The first kappa shape index (κ1) is 14.8. The molecule has 0 atom stereocenters. The fourth-order valence-electron chi connectivity index (χ4n) is 2.75. The van der Waals surface area contributed by atoms with Gasteiger partial charge in [0.25, 0.3) is 5.91 Å². The predicted molar refractivity (Wildman–Crippen MR) is 80.9 cm³/mol. The van der Waals surface area contributed by atoms with Crippen LogP contribution in [0.15, 0.2) is 47.3 Å². The van der Waals surface area contributed by atoms with E-state index in [0.29, 0.717) is 12.1 Å². The van der Waals surface area contributed by atoms with E-state index < -0.39 is 0 Å². The largest absolute Gasteiger partial charge is 0.472 e. The lowest BCUT2D eigenvalue weighted by Gasteiger charge is -2.21. The standard InChI is InChI=1S/C17H19FN2O2/c18-16-4-2-14(3-5-16)12-19-7-1-8-20(10-9-19)17(21)15-6-11-22-13-15/h2-6,11,13H,1,7-10,12H2. The van der Waals surface area contributed by atoms with Crippen LogP contribution in [0.1, 0.15) is 22.3 Å². The Morgan fingerprint density at radius 1 is 1.09 bits per heavy atom. The zero-order chi connectivity index (χ0) is 15.4. The highest BCUT2D eigenvalue weighted by atomic mass is 19.1. The van der Waals surface area contributed by atoms with Crippen molar-refractivity contribution in [1.29, 1.82) is 0 Å². The molecule has 1 amide bonds. The molecule has 1 fully saturated rings. The van der Waals surface area contributed by atoms with Gasteiger partial charge in [-0.1, -0.05) is 12.1 Å². The number of nitrogens with zero attached hydrogens (tertiary/aromatic N) is 2. The van der Waals surface area contributed by atoms with E-state index in [0.717, 1.165) is 38.2 Å². The minimum atomic E-state index is -0.212. The minimum Gasteiger partial charge on any atom is -0.472 e. The van der Waals surface area contributed by atoms with Crippen molar-refractivity contribution in [3.63, 3.8) is 0 Å². The van der Waals surface area contributed by atoms with Gasteiger partial charge in [-0.15, -0.1) is 0 Å². The van der Waals surface area contributed by atoms with Gasteiger partial charge in [0.2, 0.25) is 0 Å². The number of rotatable bonds is 3. The third kappa shape index (κ3) is 3.54. The van der Waals surface area contributed by atoms with Crippen LogP contribution in [0.4, 0.5) is 4.39 Å². The molecular weight excluding hydrogens is 283 g/mol. The molecule has 2 aromatic rings. The molecule has 0 spiro atoms. The Balaban J connectivity index is 1.58. The van der Waals surface area contributed by atoms with Crippen LogP contribution >= 0.6 is 0 Å². The maximum absolute atomic E-state index is 12.9. The monoisotopic (exact) mass is 302 g/mol. The van der Waals surface area contributed by atoms with Crippen LogP contribution in [-0.2, 0) is 6.54 Å². The lowest BCUT2D eigenvalue weighted by atomic mass is 10.2. The number of carbonyl (C=O) groups is 1. The van der Waals surface area contributed by atoms with Crippen molar-refractivity contribution in [1.82, 2.24) is 9.80 Å². The van der Waals surface area contributed by atoms with Gasteiger partial charge in [-0.2, -0.15) is 0 Å². The summed E-state index contributed by atoms with van der Waals surface area (Å²) in [5, 5.41) is 0. The number of benzene rings is 1. The van der Waals surface area contributed by atoms with Gasteiger partial charge in [0.05, 0.1) is 11.8 Å². The molecule has 4 nitrogen and oxygen atoms in total. The van der Waals surface area contributed by atoms with Crippen LogP contribution < -0.4 is 0 Å². The molecule has 1 aromatic carbocycles. The zero-order valence-corrected chi connectivity index (χ0v) is 12.4. The van der Waals surface area contributed by atoms with E-state index in [1.54, 1.807) is 6.07 Å². The fraction of sp³-hybridized carbons (Fsp3) is 0.353. The van der Waals surface area contributed by atoms with E-state index in [9.17, 15) is 9.18 Å². The SMILES string of the molecule is O=C(c1ccoc1)N1CCCN(Cc2ccc(F)cc2)CC1. The quantitative estimate of drug-likeness (QED) is 0.875. The predicted octanol–water partition coefficient (Wildman–Crippen LogP) is 2.77. The maximum atomic E-state index is 12.9. The van der Waals surface area contributed by atoms with Crippen molar-refractivity contribution >= 4 is 5.91 Å². The first-order valence-electron chi connectivity index (χ1n) is 7.50. The van der Waals surface area contributed by atoms with E-state index in [4.69, 9.17) is 4.42 Å². The van der Waals surface area contributed by atoms with Crippen molar-refractivity contribution in [2.45, 2.75) is 13.0 Å². The van der Waals surface area contributed by atoms with Crippen molar-refractivity contribution in [3.8, 4) is 0 Å². The molecule has 5 heteroatoms. The van der Waals surface area contributed by atoms with Crippen LogP contribution in [0.25, 0.3) is 0 Å². The number of halogens is 1. The van der Waals surface area contributed by atoms with Gasteiger partial charge in [-0.05, 0) is 30.2 Å². The minimum absolute atomic E-state index is 0.0254. The van der Waals surface area contributed by atoms with E-state index in [2.05, 4.69) is 4.90 Å². The molecule has 0 radical (unpaired) electrons. The molecule has 0 unspecified atom stereocenters. The van der Waals surface area contributed by atoms with Gasteiger partial charge in [-0.3, -0.25) is 9.69 Å². The summed E-state index contributed by atoms with van der Waals surface area (Å²) in [4.78, 5) is 16.5. The van der Waals surface area contributed by atoms with Gasteiger partial charge < -0.3 is 9.32 Å². The molecule has 1 aliphatic heterocycles. The molecule has 0 saturated carbocycles. The lowest BCUT2D eigenvalue weighted by Crippen LogP contribution is -2.34. The summed E-state index contributed by atoms with van der Waals surface area (Å²) >= 11 is 0. The number of hydrogen-bond acceptors (Lipinski definition) is 3. The summed E-state index contributed by atoms with van der Waals surface area (Å²) in [5.41, 5.74) is 1.70. The maximum Gasteiger partial charge on any atom is 0.257 e. The molecule has 3 rings (SSSR count). The summed E-state index contributed by atoms with van der Waals surface area (Å²) in [6, 6.07) is 8.30. The number of carbonyl (C=O) groups excluding carboxylic acids is 1. The summed E-state index contributed by atoms with van der Waals surface area (Å²) in [7, 11) is 0. The normalized spacial score (nSPS) is 16.5. The molecule has 22 heavy (non-hydrogen) atoms. The molecule has 0 aliphatic carbocycles. The van der Waals surface area contributed by atoms with Gasteiger partial charge in [0.15, 0.2) is 0 Å². The fourth-order valence-corrected chi connectivity index (χ4v) is 2.75. The molecule has 1 saturated heterocycles. The van der Waals surface area contributed by atoms with Crippen molar-refractivity contribution in [3.05, 3.63) is 59.8 Å². The van der Waals surface area contributed by atoms with E-state index in [-0.39, 0.29) is 11.7 Å². The molecular formula is C17H19FN2O2. The Labute approximate surface area is 129 Å². The van der Waals surface area contributed by atoms with Crippen molar-refractivity contribution < 1.29 is 13.6 Å². The van der Waals surface area contributed by atoms with Crippen LogP contribution in [0.2, 0.25) is 0 Å². The zero-order valence-electron chi connectivity index (χ0n) is 12.4. The topological polar surface area (TPSA) is 36.7 Å². The van der Waals surface area contributed by atoms with Crippen molar-refractivity contribution in [2.75, 3.05) is 26.2 Å². The Morgan fingerprint density at radius 2 is 1.91 bits per heavy atom. The highest BCUT2D eigenvalue weighted by molar-refractivity contribution is 5.93. The highest BCUT2D eigenvalue weighted by Crippen LogP contribution is 2.12. The van der Waals surface area contributed by atoms with E-state index >= 15 is 0 Å². The van der Waals surface area contributed by atoms with Gasteiger partial charge >= 0.3 is 0 Å². The Kier molecular flexibility index (Phi) is 4.53. The average Bonchev–Trinajstić information content (AvgIpc) is 2.96.